The quantitative estimate of drug-likeness (QED) is 0.873. The second-order valence-electron chi connectivity index (χ2n) is 7.08. The van der Waals surface area contributed by atoms with E-state index in [1.165, 1.54) is 6.26 Å². The summed E-state index contributed by atoms with van der Waals surface area (Å²) in [7, 11) is -3.64. The largest absolute Gasteiger partial charge is 0.468 e. The van der Waals surface area contributed by atoms with Gasteiger partial charge in [0, 0.05) is 17.6 Å². The van der Waals surface area contributed by atoms with Gasteiger partial charge in [-0.25, -0.2) is 13.1 Å². The number of rotatable bonds is 5. The molecular weight excluding hydrogens is 352 g/mol. The van der Waals surface area contributed by atoms with Crippen molar-refractivity contribution in [2.75, 3.05) is 4.90 Å². The van der Waals surface area contributed by atoms with Crippen LogP contribution in [0.2, 0.25) is 0 Å². The third-order valence-electron chi connectivity index (χ3n) is 5.29. The molecule has 1 aliphatic heterocycles. The molecule has 1 aromatic carbocycles. The summed E-state index contributed by atoms with van der Waals surface area (Å²) in [6, 6.07) is 8.52. The van der Waals surface area contributed by atoms with Gasteiger partial charge in [0.1, 0.15) is 5.76 Å². The molecular formula is C19H22N2O4S. The summed E-state index contributed by atoms with van der Waals surface area (Å²) in [5, 5.41) is 0. The molecule has 0 unspecified atom stereocenters. The van der Waals surface area contributed by atoms with Gasteiger partial charge in [0.2, 0.25) is 15.9 Å². The van der Waals surface area contributed by atoms with Crippen LogP contribution in [-0.4, -0.2) is 20.4 Å². The van der Waals surface area contributed by atoms with E-state index in [0.29, 0.717) is 12.2 Å². The third-order valence-corrected chi connectivity index (χ3v) is 6.68. The number of benzene rings is 1. The number of furan rings is 1. The lowest BCUT2D eigenvalue weighted by Gasteiger charge is -2.32. The molecule has 1 atom stereocenters. The predicted molar refractivity (Wildman–Crippen MR) is 97.2 cm³/mol. The number of nitrogens with zero attached hydrogens (tertiary/aromatic N) is 1. The Labute approximate surface area is 153 Å². The van der Waals surface area contributed by atoms with E-state index in [4.69, 9.17) is 4.42 Å². The molecule has 0 bridgehead atoms. The summed E-state index contributed by atoms with van der Waals surface area (Å²) in [6.45, 7) is 2.12. The maximum Gasteiger partial charge on any atom is 0.240 e. The topological polar surface area (TPSA) is 79.6 Å². The summed E-state index contributed by atoms with van der Waals surface area (Å²) in [4.78, 5) is 14.8. The highest BCUT2D eigenvalue weighted by Gasteiger charge is 2.37. The molecule has 26 heavy (non-hydrogen) atoms. The van der Waals surface area contributed by atoms with Crippen LogP contribution in [0, 0.1) is 5.92 Å². The second kappa shape index (κ2) is 6.55. The maximum atomic E-state index is 12.7. The molecule has 0 saturated heterocycles. The van der Waals surface area contributed by atoms with E-state index in [-0.39, 0.29) is 29.3 Å². The second-order valence-corrected chi connectivity index (χ2v) is 8.85. The molecule has 1 amide bonds. The molecule has 2 aromatic rings. The molecule has 0 spiro atoms. The van der Waals surface area contributed by atoms with Gasteiger partial charge in [0.25, 0.3) is 0 Å². The Morgan fingerprint density at radius 1 is 1.31 bits per heavy atom. The third kappa shape index (κ3) is 3.05. The minimum absolute atomic E-state index is 0.0622. The number of carbonyl (C=O) groups excluding carboxylic acids is 1. The number of nitrogens with one attached hydrogen (secondary N) is 1. The lowest BCUT2D eigenvalue weighted by atomic mass is 9.84. The summed E-state index contributed by atoms with van der Waals surface area (Å²) in [5.41, 5.74) is 1.76. The van der Waals surface area contributed by atoms with Crippen LogP contribution in [0.5, 0.6) is 0 Å². The van der Waals surface area contributed by atoms with Crippen molar-refractivity contribution in [3.63, 3.8) is 0 Å². The number of anilines is 1. The monoisotopic (exact) mass is 374 g/mol. The first kappa shape index (κ1) is 17.3. The fourth-order valence-corrected chi connectivity index (χ4v) is 4.67. The summed E-state index contributed by atoms with van der Waals surface area (Å²) < 4.78 is 32.8. The molecule has 1 N–H and O–H groups in total. The Bertz CT molecular complexity index is 917. The zero-order chi connectivity index (χ0) is 18.3. The predicted octanol–water partition coefficient (Wildman–Crippen LogP) is 2.84. The molecule has 0 radical (unpaired) electrons. The number of hydrogen-bond acceptors (Lipinski definition) is 4. The van der Waals surface area contributed by atoms with E-state index in [1.807, 2.05) is 11.8 Å². The Kier molecular flexibility index (Phi) is 4.36. The summed E-state index contributed by atoms with van der Waals surface area (Å²) in [6.07, 6.45) is 5.22. The minimum atomic E-state index is -3.64. The Balaban J connectivity index is 1.55. The smallest absolute Gasteiger partial charge is 0.240 e. The van der Waals surface area contributed by atoms with E-state index in [0.717, 1.165) is 30.5 Å². The van der Waals surface area contributed by atoms with Crippen LogP contribution in [0.3, 0.4) is 0 Å². The lowest BCUT2D eigenvalue weighted by molar-refractivity contribution is -0.125. The van der Waals surface area contributed by atoms with Crippen molar-refractivity contribution < 1.29 is 17.6 Å². The Morgan fingerprint density at radius 3 is 2.77 bits per heavy atom. The fraction of sp³-hybridized carbons (Fsp3) is 0.421. The normalized spacial score (nSPS) is 20.0. The van der Waals surface area contributed by atoms with Crippen LogP contribution in [0.25, 0.3) is 0 Å². The van der Waals surface area contributed by atoms with E-state index in [9.17, 15) is 13.2 Å². The average molecular weight is 374 g/mol. The van der Waals surface area contributed by atoms with Crippen molar-refractivity contribution in [2.45, 2.75) is 50.1 Å². The van der Waals surface area contributed by atoms with E-state index >= 15 is 0 Å². The molecule has 138 valence electrons. The lowest BCUT2D eigenvalue weighted by Crippen LogP contribution is -2.42. The van der Waals surface area contributed by atoms with Gasteiger partial charge in [-0.3, -0.25) is 4.79 Å². The highest BCUT2D eigenvalue weighted by molar-refractivity contribution is 7.89. The maximum absolute atomic E-state index is 12.7. The van der Waals surface area contributed by atoms with Crippen LogP contribution < -0.4 is 9.62 Å². The zero-order valence-electron chi connectivity index (χ0n) is 14.6. The highest BCUT2D eigenvalue weighted by Crippen LogP contribution is 2.38. The van der Waals surface area contributed by atoms with E-state index in [1.54, 1.807) is 30.3 Å². The molecule has 1 fully saturated rings. The summed E-state index contributed by atoms with van der Waals surface area (Å²) >= 11 is 0. The van der Waals surface area contributed by atoms with Gasteiger partial charge in [0.15, 0.2) is 0 Å². The van der Waals surface area contributed by atoms with Gasteiger partial charge in [-0.1, -0.05) is 6.42 Å². The molecule has 1 aliphatic carbocycles. The van der Waals surface area contributed by atoms with Crippen molar-refractivity contribution in [3.8, 4) is 0 Å². The van der Waals surface area contributed by atoms with Crippen molar-refractivity contribution in [1.29, 1.82) is 0 Å². The number of fused-ring (bicyclic) bond motifs is 1. The molecule has 4 rings (SSSR count). The molecule has 1 aromatic heterocycles. The summed E-state index contributed by atoms with van der Waals surface area (Å²) in [5.74, 6) is 0.858. The molecule has 1 saturated carbocycles. The molecule has 2 heterocycles. The van der Waals surface area contributed by atoms with Crippen molar-refractivity contribution >= 4 is 21.6 Å². The van der Waals surface area contributed by atoms with Gasteiger partial charge in [-0.05, 0) is 62.1 Å². The molecule has 2 aliphatic rings. The van der Waals surface area contributed by atoms with E-state index in [2.05, 4.69) is 4.72 Å². The van der Waals surface area contributed by atoms with Gasteiger partial charge < -0.3 is 9.32 Å². The van der Waals surface area contributed by atoms with Gasteiger partial charge >= 0.3 is 0 Å². The van der Waals surface area contributed by atoms with Crippen LogP contribution in [0.1, 0.15) is 37.5 Å². The van der Waals surface area contributed by atoms with Crippen molar-refractivity contribution in [1.82, 2.24) is 4.72 Å². The number of sulfonamides is 1. The first-order valence-electron chi connectivity index (χ1n) is 8.94. The minimum Gasteiger partial charge on any atom is -0.468 e. The number of amides is 1. The first-order valence-corrected chi connectivity index (χ1v) is 10.4. The highest BCUT2D eigenvalue weighted by atomic mass is 32.2. The van der Waals surface area contributed by atoms with Gasteiger partial charge in [0.05, 0.1) is 17.7 Å². The standard InChI is InChI=1S/C19H22N2O4S/c1-13-10-15-11-17(26(23,24)20-12-16-6-3-9-25-16)7-8-18(15)21(13)19(22)14-4-2-5-14/h3,6-9,11,13-14,20H,2,4-5,10,12H2,1H3/t13-/m0/s1. The Morgan fingerprint density at radius 2 is 2.12 bits per heavy atom. The van der Waals surface area contributed by atoms with Crippen LogP contribution in [0.4, 0.5) is 5.69 Å². The number of carbonyl (C=O) groups is 1. The van der Waals surface area contributed by atoms with Crippen LogP contribution >= 0.6 is 0 Å². The average Bonchev–Trinajstić information content (AvgIpc) is 3.17. The van der Waals surface area contributed by atoms with Crippen molar-refractivity contribution in [2.24, 2.45) is 5.92 Å². The van der Waals surface area contributed by atoms with Gasteiger partial charge in [-0.15, -0.1) is 0 Å². The Hall–Kier alpha value is -2.12. The zero-order valence-corrected chi connectivity index (χ0v) is 15.5. The number of hydrogen-bond donors (Lipinski definition) is 1. The molecule has 6 nitrogen and oxygen atoms in total. The fourth-order valence-electron chi connectivity index (χ4n) is 3.62. The molecule has 7 heteroatoms. The SMILES string of the molecule is C[C@H]1Cc2cc(S(=O)(=O)NCc3ccco3)ccc2N1C(=O)C1CCC1. The van der Waals surface area contributed by atoms with Crippen LogP contribution in [0.15, 0.2) is 45.9 Å². The van der Waals surface area contributed by atoms with E-state index < -0.39 is 10.0 Å². The first-order chi connectivity index (χ1) is 12.5. The van der Waals surface area contributed by atoms with Gasteiger partial charge in [-0.2, -0.15) is 0 Å². The van der Waals surface area contributed by atoms with Crippen LogP contribution in [-0.2, 0) is 27.8 Å². The van der Waals surface area contributed by atoms with Crippen molar-refractivity contribution in [3.05, 3.63) is 47.9 Å².